The van der Waals surface area contributed by atoms with E-state index in [0.29, 0.717) is 11.8 Å². The van der Waals surface area contributed by atoms with E-state index in [4.69, 9.17) is 0 Å². The van der Waals surface area contributed by atoms with E-state index >= 15 is 0 Å². The predicted octanol–water partition coefficient (Wildman–Crippen LogP) is 1.28. The predicted molar refractivity (Wildman–Crippen MR) is 50.0 cm³/mol. The van der Waals surface area contributed by atoms with Crippen molar-refractivity contribution in [1.29, 1.82) is 0 Å². The van der Waals surface area contributed by atoms with Crippen LogP contribution in [-0.4, -0.2) is 14.7 Å². The highest BCUT2D eigenvalue weighted by molar-refractivity contribution is 5.17. The van der Waals surface area contributed by atoms with Gasteiger partial charge < -0.3 is 9.67 Å². The number of aromatic nitrogens is 2. The van der Waals surface area contributed by atoms with Gasteiger partial charge in [0.1, 0.15) is 5.60 Å². The van der Waals surface area contributed by atoms with Gasteiger partial charge in [-0.3, -0.25) is 0 Å². The molecule has 1 saturated carbocycles. The van der Waals surface area contributed by atoms with Crippen LogP contribution in [0.2, 0.25) is 0 Å². The Labute approximate surface area is 78.4 Å². The minimum absolute atomic E-state index is 0.336. The second-order valence-corrected chi connectivity index (χ2v) is 4.28. The largest absolute Gasteiger partial charge is 0.383 e. The van der Waals surface area contributed by atoms with Gasteiger partial charge in [0, 0.05) is 7.05 Å². The summed E-state index contributed by atoms with van der Waals surface area (Å²) >= 11 is 0. The van der Waals surface area contributed by atoms with Crippen molar-refractivity contribution in [2.45, 2.75) is 25.9 Å². The monoisotopic (exact) mass is 180 g/mol. The summed E-state index contributed by atoms with van der Waals surface area (Å²) in [6.07, 6.45) is 4.36. The van der Waals surface area contributed by atoms with Gasteiger partial charge in [0.05, 0.1) is 18.2 Å². The third-order valence-corrected chi connectivity index (χ3v) is 3.50. The topological polar surface area (TPSA) is 38.1 Å². The Kier molecular flexibility index (Phi) is 1.74. The van der Waals surface area contributed by atoms with Gasteiger partial charge in [-0.15, -0.1) is 0 Å². The molecule has 1 fully saturated rings. The lowest BCUT2D eigenvalue weighted by molar-refractivity contribution is -0.136. The molecule has 13 heavy (non-hydrogen) atoms. The molecule has 1 aliphatic rings. The summed E-state index contributed by atoms with van der Waals surface area (Å²) in [5.41, 5.74) is 0.308. The van der Waals surface area contributed by atoms with E-state index in [1.807, 2.05) is 11.6 Å². The number of imidazole rings is 1. The minimum Gasteiger partial charge on any atom is -0.383 e. The minimum atomic E-state index is -0.634. The van der Waals surface area contributed by atoms with Crippen LogP contribution in [0.25, 0.3) is 0 Å². The molecule has 0 aliphatic heterocycles. The van der Waals surface area contributed by atoms with E-state index in [1.54, 1.807) is 12.5 Å². The molecule has 3 atom stereocenters. The Bertz CT molecular complexity index is 320. The molecule has 0 aromatic carbocycles. The fourth-order valence-corrected chi connectivity index (χ4v) is 2.28. The van der Waals surface area contributed by atoms with E-state index in [2.05, 4.69) is 18.8 Å². The molecule has 3 heteroatoms. The zero-order chi connectivity index (χ0) is 9.64. The maximum atomic E-state index is 10.3. The van der Waals surface area contributed by atoms with Crippen LogP contribution in [0, 0.1) is 11.8 Å². The summed E-state index contributed by atoms with van der Waals surface area (Å²) in [6.45, 7) is 4.27. The summed E-state index contributed by atoms with van der Waals surface area (Å²) < 4.78 is 1.91. The molecule has 72 valence electrons. The smallest absolute Gasteiger partial charge is 0.109 e. The van der Waals surface area contributed by atoms with Gasteiger partial charge >= 0.3 is 0 Å². The van der Waals surface area contributed by atoms with Crippen molar-refractivity contribution < 1.29 is 5.11 Å². The highest BCUT2D eigenvalue weighted by atomic mass is 16.3. The molecule has 3 unspecified atom stereocenters. The number of hydrogen-bond acceptors (Lipinski definition) is 2. The number of aliphatic hydroxyl groups is 1. The lowest BCUT2D eigenvalue weighted by Crippen LogP contribution is -2.49. The third-order valence-electron chi connectivity index (χ3n) is 3.50. The van der Waals surface area contributed by atoms with Crippen LogP contribution < -0.4 is 0 Å². The highest BCUT2D eigenvalue weighted by Gasteiger charge is 2.50. The first kappa shape index (κ1) is 8.75. The first-order chi connectivity index (χ1) is 6.05. The van der Waals surface area contributed by atoms with Crippen LogP contribution in [0.1, 0.15) is 26.0 Å². The Morgan fingerprint density at radius 2 is 2.31 bits per heavy atom. The second kappa shape index (κ2) is 2.58. The Morgan fingerprint density at radius 3 is 2.69 bits per heavy atom. The van der Waals surface area contributed by atoms with Crippen LogP contribution in [-0.2, 0) is 12.6 Å². The molecule has 1 aromatic heterocycles. The van der Waals surface area contributed by atoms with Crippen molar-refractivity contribution in [1.82, 2.24) is 9.55 Å². The summed E-state index contributed by atoms with van der Waals surface area (Å²) in [5, 5.41) is 10.3. The lowest BCUT2D eigenvalue weighted by Gasteiger charge is -2.48. The van der Waals surface area contributed by atoms with Crippen molar-refractivity contribution in [2.24, 2.45) is 18.9 Å². The van der Waals surface area contributed by atoms with Gasteiger partial charge in [0.15, 0.2) is 0 Å². The van der Waals surface area contributed by atoms with Crippen LogP contribution in [0.5, 0.6) is 0 Å². The highest BCUT2D eigenvalue weighted by Crippen LogP contribution is 2.49. The van der Waals surface area contributed by atoms with Gasteiger partial charge in [-0.05, 0) is 18.3 Å². The summed E-state index contributed by atoms with van der Waals surface area (Å²) in [7, 11) is 1.93. The maximum Gasteiger partial charge on any atom is 0.109 e. The zero-order valence-electron chi connectivity index (χ0n) is 8.36. The quantitative estimate of drug-likeness (QED) is 0.707. The molecule has 0 radical (unpaired) electrons. The molecule has 3 nitrogen and oxygen atoms in total. The van der Waals surface area contributed by atoms with E-state index < -0.39 is 5.60 Å². The van der Waals surface area contributed by atoms with Crippen molar-refractivity contribution in [3.05, 3.63) is 18.2 Å². The molecule has 0 saturated heterocycles. The lowest BCUT2D eigenvalue weighted by atomic mass is 9.61. The van der Waals surface area contributed by atoms with E-state index in [-0.39, 0.29) is 0 Å². The Balaban J connectivity index is 2.32. The average Bonchev–Trinajstić information content (AvgIpc) is 2.51. The van der Waals surface area contributed by atoms with Crippen molar-refractivity contribution in [3.63, 3.8) is 0 Å². The van der Waals surface area contributed by atoms with Gasteiger partial charge in [-0.1, -0.05) is 13.8 Å². The van der Waals surface area contributed by atoms with E-state index in [1.165, 1.54) is 0 Å². The van der Waals surface area contributed by atoms with Crippen LogP contribution in [0.4, 0.5) is 0 Å². The summed E-state index contributed by atoms with van der Waals surface area (Å²) in [5.74, 6) is 0.947. The average molecular weight is 180 g/mol. The molecule has 1 heterocycles. The van der Waals surface area contributed by atoms with Crippen LogP contribution >= 0.6 is 0 Å². The zero-order valence-corrected chi connectivity index (χ0v) is 8.36. The van der Waals surface area contributed by atoms with Crippen molar-refractivity contribution in [2.75, 3.05) is 0 Å². The number of nitrogens with zero attached hydrogens (tertiary/aromatic N) is 2. The SMILES string of the molecule is CC1CC(O)(c2cncn2C)C1C. The molecule has 0 bridgehead atoms. The molecule has 0 spiro atoms. The molecular weight excluding hydrogens is 164 g/mol. The van der Waals surface area contributed by atoms with E-state index in [9.17, 15) is 5.11 Å². The molecular formula is C10H16N2O. The van der Waals surface area contributed by atoms with Gasteiger partial charge in [-0.2, -0.15) is 0 Å². The number of rotatable bonds is 1. The Hall–Kier alpha value is -0.830. The fraction of sp³-hybridized carbons (Fsp3) is 0.700. The molecule has 2 rings (SSSR count). The molecule has 0 amide bonds. The fourth-order valence-electron chi connectivity index (χ4n) is 2.28. The number of aryl methyl sites for hydroxylation is 1. The summed E-state index contributed by atoms with van der Waals surface area (Å²) in [6, 6.07) is 0. The summed E-state index contributed by atoms with van der Waals surface area (Å²) in [4.78, 5) is 4.03. The van der Waals surface area contributed by atoms with E-state index in [0.717, 1.165) is 12.1 Å². The van der Waals surface area contributed by atoms with Gasteiger partial charge in [0.2, 0.25) is 0 Å². The normalized spacial score (nSPS) is 38.8. The van der Waals surface area contributed by atoms with Gasteiger partial charge in [-0.25, -0.2) is 4.98 Å². The standard InChI is InChI=1S/C10H16N2O/c1-7-4-10(13,8(7)2)9-5-11-6-12(9)3/h5-8,13H,4H2,1-3H3. The number of hydrogen-bond donors (Lipinski definition) is 1. The molecule has 1 N–H and O–H groups in total. The van der Waals surface area contributed by atoms with Crippen LogP contribution in [0.15, 0.2) is 12.5 Å². The van der Waals surface area contributed by atoms with Gasteiger partial charge in [0.25, 0.3) is 0 Å². The maximum absolute atomic E-state index is 10.3. The molecule has 1 aliphatic carbocycles. The first-order valence-corrected chi connectivity index (χ1v) is 4.75. The van der Waals surface area contributed by atoms with Crippen LogP contribution in [0.3, 0.4) is 0 Å². The first-order valence-electron chi connectivity index (χ1n) is 4.75. The Morgan fingerprint density at radius 1 is 1.62 bits per heavy atom. The molecule has 1 aromatic rings. The van der Waals surface area contributed by atoms with Crippen molar-refractivity contribution >= 4 is 0 Å². The third kappa shape index (κ3) is 1.03. The van der Waals surface area contributed by atoms with Crippen molar-refractivity contribution in [3.8, 4) is 0 Å². The second-order valence-electron chi connectivity index (χ2n) is 4.28.